The molecule has 0 saturated carbocycles. The summed E-state index contributed by atoms with van der Waals surface area (Å²) in [7, 11) is 1.64. The van der Waals surface area contributed by atoms with Crippen molar-refractivity contribution in [3.8, 4) is 11.5 Å². The van der Waals surface area contributed by atoms with Crippen LogP contribution in [0.3, 0.4) is 0 Å². The largest absolute Gasteiger partial charge is 0.507 e. The normalized spacial score (nSPS) is 21.2. The Balaban J connectivity index is 2.01. The molecule has 1 amide bonds. The summed E-state index contributed by atoms with van der Waals surface area (Å²) in [6.07, 6.45) is 5.40. The Morgan fingerprint density at radius 3 is 2.77 bits per heavy atom. The average molecular weight is 333 g/mol. The number of hydrogen-bond acceptors (Lipinski definition) is 5. The average Bonchev–Trinajstić information content (AvgIpc) is 2.68. The van der Waals surface area contributed by atoms with E-state index < -0.39 is 5.60 Å². The van der Waals surface area contributed by atoms with Crippen LogP contribution in [-0.4, -0.2) is 32.9 Å². The van der Waals surface area contributed by atoms with Crippen molar-refractivity contribution in [3.05, 3.63) is 34.2 Å². The zero-order valence-electron chi connectivity index (χ0n) is 12.4. The zero-order valence-corrected chi connectivity index (χ0v) is 14.0. The third-order valence-corrected chi connectivity index (χ3v) is 4.99. The number of nitrogens with zero attached hydrogens (tertiary/aromatic N) is 1. The number of benzene rings is 1. The fourth-order valence-electron chi connectivity index (χ4n) is 2.26. The van der Waals surface area contributed by atoms with Gasteiger partial charge in [-0.15, -0.1) is 0 Å². The van der Waals surface area contributed by atoms with Gasteiger partial charge in [0.1, 0.15) is 21.4 Å². The van der Waals surface area contributed by atoms with Gasteiger partial charge in [0.25, 0.3) is 5.91 Å². The van der Waals surface area contributed by atoms with E-state index in [1.807, 2.05) is 26.0 Å². The van der Waals surface area contributed by atoms with Crippen molar-refractivity contribution in [3.63, 3.8) is 0 Å². The van der Waals surface area contributed by atoms with Crippen molar-refractivity contribution in [1.29, 1.82) is 0 Å². The number of phenols is 1. The summed E-state index contributed by atoms with van der Waals surface area (Å²) in [5, 5.41) is 10.4. The predicted octanol–water partition coefficient (Wildman–Crippen LogP) is 3.41. The number of fused-ring (bicyclic) bond motifs is 1. The maximum atomic E-state index is 12.0. The van der Waals surface area contributed by atoms with Gasteiger partial charge in [-0.2, -0.15) is 0 Å². The van der Waals surface area contributed by atoms with Gasteiger partial charge in [0.15, 0.2) is 0 Å². The van der Waals surface area contributed by atoms with E-state index >= 15 is 0 Å². The summed E-state index contributed by atoms with van der Waals surface area (Å²) in [4.78, 5) is 14.0. The Bertz CT molecular complexity index is 750. The minimum absolute atomic E-state index is 0.102. The van der Waals surface area contributed by atoms with E-state index in [-0.39, 0.29) is 11.7 Å². The molecule has 0 radical (unpaired) electrons. The molecule has 22 heavy (non-hydrogen) atoms. The number of likely N-dealkylation sites (N-methyl/N-ethyl adjacent to an activating group) is 1. The molecule has 1 N–H and O–H groups in total. The highest BCUT2D eigenvalue weighted by Crippen LogP contribution is 2.40. The molecule has 3 rings (SSSR count). The third kappa shape index (κ3) is 2.53. The minimum atomic E-state index is -0.397. The van der Waals surface area contributed by atoms with Crippen molar-refractivity contribution < 1.29 is 14.6 Å². The molecule has 4 nitrogen and oxygen atoms in total. The summed E-state index contributed by atoms with van der Waals surface area (Å²) in [5.41, 5.74) is 0.798. The van der Waals surface area contributed by atoms with E-state index in [0.717, 1.165) is 0 Å². The van der Waals surface area contributed by atoms with Gasteiger partial charge < -0.3 is 9.84 Å². The second-order valence-corrected chi connectivity index (χ2v) is 7.37. The summed E-state index contributed by atoms with van der Waals surface area (Å²) in [6.45, 7) is 3.90. The Morgan fingerprint density at radius 1 is 1.41 bits per heavy atom. The van der Waals surface area contributed by atoms with Crippen LogP contribution in [0, 0.1) is 0 Å². The lowest BCUT2D eigenvalue weighted by Crippen LogP contribution is -2.27. The highest BCUT2D eigenvalue weighted by molar-refractivity contribution is 8.26. The number of aromatic hydroxyl groups is 1. The smallest absolute Gasteiger partial charge is 0.265 e. The molecular weight excluding hydrogens is 318 g/mol. The number of ether oxygens (including phenoxy) is 1. The maximum absolute atomic E-state index is 12.0. The first kappa shape index (κ1) is 15.1. The van der Waals surface area contributed by atoms with E-state index in [1.165, 1.54) is 16.7 Å². The van der Waals surface area contributed by atoms with E-state index in [4.69, 9.17) is 17.0 Å². The highest BCUT2D eigenvalue weighted by Gasteiger charge is 2.29. The van der Waals surface area contributed by atoms with E-state index in [1.54, 1.807) is 25.3 Å². The summed E-state index contributed by atoms with van der Waals surface area (Å²) >= 11 is 6.33. The van der Waals surface area contributed by atoms with Crippen molar-refractivity contribution >= 4 is 46.4 Å². The van der Waals surface area contributed by atoms with E-state index in [9.17, 15) is 9.90 Å². The molecule has 0 aromatic heterocycles. The number of carbonyl (C=O) groups excluding carboxylic acids is 1. The quantitative estimate of drug-likeness (QED) is 0.630. The molecular formula is C16H15NO3S2. The molecule has 0 aliphatic carbocycles. The number of thiocarbonyl (C=S) groups is 1. The highest BCUT2D eigenvalue weighted by atomic mass is 32.2. The van der Waals surface area contributed by atoms with Crippen molar-refractivity contribution in [2.45, 2.75) is 19.4 Å². The molecule has 2 aliphatic rings. The van der Waals surface area contributed by atoms with Crippen LogP contribution in [0.15, 0.2) is 23.1 Å². The van der Waals surface area contributed by atoms with Crippen LogP contribution in [0.4, 0.5) is 0 Å². The van der Waals surface area contributed by atoms with Crippen LogP contribution in [0.5, 0.6) is 11.5 Å². The van der Waals surface area contributed by atoms with Crippen molar-refractivity contribution in [2.24, 2.45) is 0 Å². The second kappa shape index (κ2) is 5.14. The molecule has 0 spiro atoms. The topological polar surface area (TPSA) is 49.8 Å². The summed E-state index contributed by atoms with van der Waals surface area (Å²) in [6, 6.07) is 3.55. The van der Waals surface area contributed by atoms with E-state index in [0.29, 0.717) is 26.1 Å². The first-order valence-electron chi connectivity index (χ1n) is 6.74. The third-order valence-electron chi connectivity index (χ3n) is 3.51. The van der Waals surface area contributed by atoms with Gasteiger partial charge in [-0.05, 0) is 44.2 Å². The van der Waals surface area contributed by atoms with Crippen LogP contribution in [0.1, 0.15) is 25.0 Å². The molecule has 2 aliphatic heterocycles. The molecule has 114 valence electrons. The number of thioether (sulfide) groups is 1. The number of hydrogen-bond donors (Lipinski definition) is 1. The summed E-state index contributed by atoms with van der Waals surface area (Å²) in [5.74, 6) is 0.579. The molecule has 1 fully saturated rings. The van der Waals surface area contributed by atoms with Crippen molar-refractivity contribution in [2.75, 3.05) is 7.05 Å². The lowest BCUT2D eigenvalue weighted by Gasteiger charge is -2.28. The molecule has 2 heterocycles. The number of amides is 1. The van der Waals surface area contributed by atoms with Gasteiger partial charge in [0.2, 0.25) is 0 Å². The molecule has 6 heteroatoms. The molecule has 1 saturated heterocycles. The lowest BCUT2D eigenvalue weighted by atomic mass is 9.99. The van der Waals surface area contributed by atoms with Gasteiger partial charge in [-0.25, -0.2) is 0 Å². The van der Waals surface area contributed by atoms with Gasteiger partial charge in [-0.1, -0.05) is 24.0 Å². The number of rotatable bonds is 1. The maximum Gasteiger partial charge on any atom is 0.265 e. The summed E-state index contributed by atoms with van der Waals surface area (Å²) < 4.78 is 6.32. The molecule has 1 aromatic rings. The lowest BCUT2D eigenvalue weighted by molar-refractivity contribution is -0.121. The SMILES string of the molecule is CN1C(=O)/C(=C/c2ccc3c(c2O)C=CC(C)(C)O3)SC1=S. The van der Waals surface area contributed by atoms with E-state index in [2.05, 4.69) is 0 Å². The van der Waals surface area contributed by atoms with Crippen LogP contribution in [-0.2, 0) is 4.79 Å². The van der Waals surface area contributed by atoms with Gasteiger partial charge >= 0.3 is 0 Å². The zero-order chi connectivity index (χ0) is 16.1. The Morgan fingerprint density at radius 2 is 2.14 bits per heavy atom. The molecule has 0 unspecified atom stereocenters. The molecule has 0 bridgehead atoms. The van der Waals surface area contributed by atoms with Crippen LogP contribution < -0.4 is 4.74 Å². The monoisotopic (exact) mass is 333 g/mol. The fourth-order valence-corrected chi connectivity index (χ4v) is 3.43. The first-order valence-corrected chi connectivity index (χ1v) is 7.97. The van der Waals surface area contributed by atoms with Gasteiger partial charge in [0.05, 0.1) is 10.5 Å². The Labute approximate surface area is 138 Å². The van der Waals surface area contributed by atoms with Crippen LogP contribution in [0.25, 0.3) is 12.2 Å². The predicted molar refractivity (Wildman–Crippen MR) is 92.8 cm³/mol. The van der Waals surface area contributed by atoms with Crippen LogP contribution in [0.2, 0.25) is 0 Å². The van der Waals surface area contributed by atoms with Crippen molar-refractivity contribution in [1.82, 2.24) is 4.90 Å². The standard InChI is InChI=1S/C16H15NO3S2/c1-16(2)7-6-10-11(20-16)5-4-9(13(10)18)8-12-14(19)17(3)15(21)22-12/h4-8,18H,1-3H3/b12-8-. The van der Waals surface area contributed by atoms with Gasteiger partial charge in [0, 0.05) is 12.6 Å². The van der Waals surface area contributed by atoms with Gasteiger partial charge in [-0.3, -0.25) is 9.69 Å². The molecule has 1 aromatic carbocycles. The minimum Gasteiger partial charge on any atom is -0.507 e. The Hall–Kier alpha value is -1.79. The second-order valence-electron chi connectivity index (χ2n) is 5.69. The number of phenolic OH excluding ortho intramolecular Hbond substituents is 1. The van der Waals surface area contributed by atoms with Crippen LogP contribution >= 0.6 is 24.0 Å². The molecule has 0 atom stereocenters. The fraction of sp³-hybridized carbons (Fsp3) is 0.250. The first-order chi connectivity index (χ1) is 10.3. The number of carbonyl (C=O) groups is 1. The Kier molecular flexibility index (Phi) is 3.53.